The van der Waals surface area contributed by atoms with Crippen LogP contribution < -0.4 is 0 Å². The number of methoxy groups -OCH3 is 1. The predicted molar refractivity (Wildman–Crippen MR) is 85.5 cm³/mol. The van der Waals surface area contributed by atoms with Gasteiger partial charge in [0.2, 0.25) is 0 Å². The van der Waals surface area contributed by atoms with Crippen LogP contribution in [-0.2, 0) is 9.53 Å². The molecule has 0 spiro atoms. The van der Waals surface area contributed by atoms with Gasteiger partial charge in [0.1, 0.15) is 6.10 Å². The molecule has 22 heavy (non-hydrogen) atoms. The summed E-state index contributed by atoms with van der Waals surface area (Å²) in [5.41, 5.74) is 0.937. The van der Waals surface area contributed by atoms with E-state index in [1.165, 1.54) is 0 Å². The van der Waals surface area contributed by atoms with Crippen molar-refractivity contribution >= 4 is 5.91 Å². The highest BCUT2D eigenvalue weighted by molar-refractivity contribution is 5.81. The van der Waals surface area contributed by atoms with Crippen molar-refractivity contribution in [2.45, 2.75) is 25.6 Å². The van der Waals surface area contributed by atoms with Crippen molar-refractivity contribution < 1.29 is 14.6 Å². The Morgan fingerprint density at radius 2 is 1.86 bits per heavy atom. The summed E-state index contributed by atoms with van der Waals surface area (Å²) in [5, 5.41) is 10.3. The Labute approximate surface area is 132 Å². The molecule has 1 N–H and O–H groups in total. The summed E-state index contributed by atoms with van der Waals surface area (Å²) < 4.78 is 5.22. The van der Waals surface area contributed by atoms with Crippen LogP contribution in [0, 0.1) is 0 Å². The van der Waals surface area contributed by atoms with E-state index in [0.29, 0.717) is 26.1 Å². The van der Waals surface area contributed by atoms with Crippen LogP contribution in [0.5, 0.6) is 0 Å². The van der Waals surface area contributed by atoms with Gasteiger partial charge < -0.3 is 14.7 Å². The Morgan fingerprint density at radius 1 is 1.23 bits per heavy atom. The van der Waals surface area contributed by atoms with Gasteiger partial charge in [-0.25, -0.2) is 0 Å². The summed E-state index contributed by atoms with van der Waals surface area (Å²) in [4.78, 5) is 16.3. The van der Waals surface area contributed by atoms with Gasteiger partial charge in [-0.3, -0.25) is 9.69 Å². The average Bonchev–Trinajstić information content (AvgIpc) is 2.57. The summed E-state index contributed by atoms with van der Waals surface area (Å²) in [6, 6.07) is 9.69. The number of carbonyl (C=O) groups excluding carboxylic acids is 1. The molecule has 1 aliphatic rings. The second-order valence-corrected chi connectivity index (χ2v) is 5.68. The Kier molecular flexibility index (Phi) is 6.36. The first-order valence-electron chi connectivity index (χ1n) is 7.92. The molecule has 0 bridgehead atoms. The van der Waals surface area contributed by atoms with Crippen molar-refractivity contribution in [2.24, 2.45) is 0 Å². The maximum atomic E-state index is 12.2. The zero-order chi connectivity index (χ0) is 15.9. The fraction of sp³-hybridized carbons (Fsp3) is 0.588. The number of amides is 1. The van der Waals surface area contributed by atoms with E-state index in [2.05, 4.69) is 4.90 Å². The average molecular weight is 306 g/mol. The van der Waals surface area contributed by atoms with Crippen LogP contribution in [0.1, 0.15) is 25.0 Å². The second-order valence-electron chi connectivity index (χ2n) is 5.68. The van der Waals surface area contributed by atoms with Crippen molar-refractivity contribution in [1.82, 2.24) is 9.80 Å². The topological polar surface area (TPSA) is 53.0 Å². The van der Waals surface area contributed by atoms with Gasteiger partial charge in [0.25, 0.3) is 5.91 Å². The zero-order valence-corrected chi connectivity index (χ0v) is 13.4. The summed E-state index contributed by atoms with van der Waals surface area (Å²) in [7, 11) is 1.58. The fourth-order valence-electron chi connectivity index (χ4n) is 2.82. The van der Waals surface area contributed by atoms with E-state index >= 15 is 0 Å². The third kappa shape index (κ3) is 4.29. The number of aliphatic hydroxyl groups is 1. The lowest BCUT2D eigenvalue weighted by molar-refractivity contribution is -0.144. The minimum atomic E-state index is -0.481. The molecule has 1 aromatic rings. The Balaban J connectivity index is 1.81. The van der Waals surface area contributed by atoms with Crippen LogP contribution >= 0.6 is 0 Å². The number of ether oxygens (including phenoxy) is 1. The Hall–Kier alpha value is -1.43. The molecule has 0 aromatic heterocycles. The van der Waals surface area contributed by atoms with Crippen molar-refractivity contribution in [3.8, 4) is 0 Å². The first-order chi connectivity index (χ1) is 10.7. The highest BCUT2D eigenvalue weighted by Crippen LogP contribution is 2.15. The highest BCUT2D eigenvalue weighted by atomic mass is 16.5. The summed E-state index contributed by atoms with van der Waals surface area (Å²) in [6.45, 7) is 5.53. The van der Waals surface area contributed by atoms with Crippen molar-refractivity contribution in [3.05, 3.63) is 35.9 Å². The molecule has 122 valence electrons. The van der Waals surface area contributed by atoms with E-state index in [-0.39, 0.29) is 12.0 Å². The van der Waals surface area contributed by atoms with Crippen LogP contribution in [-0.4, -0.2) is 66.8 Å². The molecule has 0 unspecified atom stereocenters. The standard InChI is InChI=1S/C17H26N2O3/c1-3-16(22-2)17(21)19-11-9-18(10-12-19)13-15(20)14-7-5-4-6-8-14/h4-8,15-16,20H,3,9-13H2,1-2H3/t15-,16-/m0/s1. The smallest absolute Gasteiger partial charge is 0.251 e. The number of nitrogens with zero attached hydrogens (tertiary/aromatic N) is 2. The third-order valence-corrected chi connectivity index (χ3v) is 4.23. The van der Waals surface area contributed by atoms with E-state index < -0.39 is 6.10 Å². The number of piperazine rings is 1. The number of β-amino-alcohol motifs (C(OH)–C–C–N with tert-alkyl or cyclic N) is 1. The number of aliphatic hydroxyl groups excluding tert-OH is 1. The molecule has 2 atom stereocenters. The number of rotatable bonds is 6. The van der Waals surface area contributed by atoms with Crippen LogP contribution in [0.25, 0.3) is 0 Å². The molecule has 2 rings (SSSR count). The molecule has 5 nitrogen and oxygen atoms in total. The van der Waals surface area contributed by atoms with E-state index in [1.807, 2.05) is 42.2 Å². The van der Waals surface area contributed by atoms with Crippen molar-refractivity contribution in [3.63, 3.8) is 0 Å². The third-order valence-electron chi connectivity index (χ3n) is 4.23. The van der Waals surface area contributed by atoms with Crippen LogP contribution in [0.15, 0.2) is 30.3 Å². The monoisotopic (exact) mass is 306 g/mol. The van der Waals surface area contributed by atoms with Gasteiger partial charge in [0.05, 0.1) is 6.10 Å². The maximum absolute atomic E-state index is 12.2. The van der Waals surface area contributed by atoms with Gasteiger partial charge in [-0.05, 0) is 12.0 Å². The van der Waals surface area contributed by atoms with Crippen LogP contribution in [0.2, 0.25) is 0 Å². The molecule has 0 radical (unpaired) electrons. The summed E-state index contributed by atoms with van der Waals surface area (Å²) in [5.74, 6) is 0.0771. The fourth-order valence-corrected chi connectivity index (χ4v) is 2.82. The molecule has 5 heteroatoms. The first-order valence-corrected chi connectivity index (χ1v) is 7.92. The van der Waals surface area contributed by atoms with Gasteiger partial charge >= 0.3 is 0 Å². The van der Waals surface area contributed by atoms with E-state index in [4.69, 9.17) is 4.74 Å². The van der Waals surface area contributed by atoms with Gasteiger partial charge in [-0.1, -0.05) is 37.3 Å². The van der Waals surface area contributed by atoms with Gasteiger partial charge in [-0.2, -0.15) is 0 Å². The molecular formula is C17H26N2O3. The number of hydrogen-bond donors (Lipinski definition) is 1. The summed E-state index contributed by atoms with van der Waals surface area (Å²) >= 11 is 0. The molecule has 0 saturated carbocycles. The lowest BCUT2D eigenvalue weighted by Gasteiger charge is -2.36. The molecule has 1 aromatic carbocycles. The SMILES string of the molecule is CC[C@H](OC)C(=O)N1CCN(C[C@H](O)c2ccccc2)CC1. The number of hydrogen-bond acceptors (Lipinski definition) is 4. The molecule has 1 aliphatic heterocycles. The van der Waals surface area contributed by atoms with E-state index in [0.717, 1.165) is 18.7 Å². The molecule has 1 heterocycles. The normalized spacial score (nSPS) is 19.0. The van der Waals surface area contributed by atoms with Crippen molar-refractivity contribution in [2.75, 3.05) is 39.8 Å². The minimum Gasteiger partial charge on any atom is -0.387 e. The van der Waals surface area contributed by atoms with Crippen molar-refractivity contribution in [1.29, 1.82) is 0 Å². The lowest BCUT2D eigenvalue weighted by Crippen LogP contribution is -2.52. The number of benzene rings is 1. The van der Waals surface area contributed by atoms with Gasteiger partial charge in [-0.15, -0.1) is 0 Å². The van der Waals surface area contributed by atoms with Crippen LogP contribution in [0.4, 0.5) is 0 Å². The van der Waals surface area contributed by atoms with Gasteiger partial charge in [0.15, 0.2) is 0 Å². The van der Waals surface area contributed by atoms with Crippen LogP contribution in [0.3, 0.4) is 0 Å². The van der Waals surface area contributed by atoms with E-state index in [9.17, 15) is 9.90 Å². The Bertz CT molecular complexity index is 454. The maximum Gasteiger partial charge on any atom is 0.251 e. The molecule has 1 amide bonds. The lowest BCUT2D eigenvalue weighted by atomic mass is 10.1. The Morgan fingerprint density at radius 3 is 2.41 bits per heavy atom. The molecule has 0 aliphatic carbocycles. The van der Waals surface area contributed by atoms with E-state index in [1.54, 1.807) is 7.11 Å². The zero-order valence-electron chi connectivity index (χ0n) is 13.4. The highest BCUT2D eigenvalue weighted by Gasteiger charge is 2.27. The first kappa shape index (κ1) is 16.9. The van der Waals surface area contributed by atoms with Gasteiger partial charge in [0, 0.05) is 39.8 Å². The second kappa shape index (κ2) is 8.27. The molecular weight excluding hydrogens is 280 g/mol. The minimum absolute atomic E-state index is 0.0771. The molecule has 1 fully saturated rings. The largest absolute Gasteiger partial charge is 0.387 e. The summed E-state index contributed by atoms with van der Waals surface area (Å²) in [6.07, 6.45) is -0.116. The molecule has 1 saturated heterocycles. The number of carbonyl (C=O) groups is 1. The quantitative estimate of drug-likeness (QED) is 0.860. The predicted octanol–water partition coefficient (Wildman–Crippen LogP) is 1.29.